The summed E-state index contributed by atoms with van der Waals surface area (Å²) in [6.45, 7) is 7.01. The minimum atomic E-state index is 0.518. The van der Waals surface area contributed by atoms with Crippen molar-refractivity contribution in [2.45, 2.75) is 104 Å². The fraction of sp³-hybridized carbons (Fsp3) is 0.944. The van der Waals surface area contributed by atoms with Gasteiger partial charge in [-0.3, -0.25) is 0 Å². The normalized spacial score (nSPS) is 11.7. The third kappa shape index (κ3) is 17.7. The molecule has 0 bridgehead atoms. The SMILES string of the molecule is CC(C)(C)CCCCCCCCCCCCCC=O. The zero-order valence-corrected chi connectivity index (χ0v) is 13.7. The molecule has 0 heterocycles. The number of aldehydes is 1. The van der Waals surface area contributed by atoms with Crippen LogP contribution in [-0.4, -0.2) is 6.29 Å². The van der Waals surface area contributed by atoms with E-state index in [9.17, 15) is 4.79 Å². The van der Waals surface area contributed by atoms with Crippen LogP contribution in [0, 0.1) is 5.41 Å². The third-order valence-electron chi connectivity index (χ3n) is 3.75. The topological polar surface area (TPSA) is 17.1 Å². The number of carbonyl (C=O) groups excluding carboxylic acids is 1. The van der Waals surface area contributed by atoms with Crippen molar-refractivity contribution in [2.24, 2.45) is 5.41 Å². The minimum Gasteiger partial charge on any atom is -0.303 e. The van der Waals surface area contributed by atoms with Crippen LogP contribution in [0.3, 0.4) is 0 Å². The summed E-state index contributed by atoms with van der Waals surface area (Å²) in [6, 6.07) is 0. The van der Waals surface area contributed by atoms with Crippen LogP contribution < -0.4 is 0 Å². The van der Waals surface area contributed by atoms with Crippen LogP contribution in [0.15, 0.2) is 0 Å². The van der Waals surface area contributed by atoms with Gasteiger partial charge < -0.3 is 4.79 Å². The van der Waals surface area contributed by atoms with Gasteiger partial charge in [0.05, 0.1) is 0 Å². The summed E-state index contributed by atoms with van der Waals surface area (Å²) in [5.74, 6) is 0. The maximum atomic E-state index is 10.1. The lowest BCUT2D eigenvalue weighted by atomic mass is 9.89. The molecule has 0 amide bonds. The number of unbranched alkanes of at least 4 members (excludes halogenated alkanes) is 11. The van der Waals surface area contributed by atoms with Crippen molar-refractivity contribution in [1.82, 2.24) is 0 Å². The maximum absolute atomic E-state index is 10.1. The second-order valence-corrected chi connectivity index (χ2v) is 7.16. The first-order valence-corrected chi connectivity index (χ1v) is 8.50. The average Bonchev–Trinajstić information content (AvgIpc) is 2.34. The molecule has 0 radical (unpaired) electrons. The first-order chi connectivity index (χ1) is 9.06. The monoisotopic (exact) mass is 268 g/mol. The lowest BCUT2D eigenvalue weighted by Gasteiger charge is -2.17. The van der Waals surface area contributed by atoms with Crippen molar-refractivity contribution < 1.29 is 4.79 Å². The molecule has 0 aromatic rings. The van der Waals surface area contributed by atoms with Gasteiger partial charge in [0.2, 0.25) is 0 Å². The maximum Gasteiger partial charge on any atom is 0.119 e. The largest absolute Gasteiger partial charge is 0.303 e. The molecule has 114 valence electrons. The fourth-order valence-electron chi connectivity index (χ4n) is 2.47. The van der Waals surface area contributed by atoms with Crippen molar-refractivity contribution in [3.8, 4) is 0 Å². The van der Waals surface area contributed by atoms with Crippen LogP contribution in [0.5, 0.6) is 0 Å². The van der Waals surface area contributed by atoms with E-state index in [-0.39, 0.29) is 0 Å². The Morgan fingerprint density at radius 2 is 1.00 bits per heavy atom. The minimum absolute atomic E-state index is 0.518. The number of hydrogen-bond acceptors (Lipinski definition) is 1. The summed E-state index contributed by atoms with van der Waals surface area (Å²) >= 11 is 0. The van der Waals surface area contributed by atoms with Gasteiger partial charge in [-0.1, -0.05) is 85.0 Å². The molecule has 0 unspecified atom stereocenters. The molecule has 0 saturated carbocycles. The number of carbonyl (C=O) groups is 1. The summed E-state index contributed by atoms with van der Waals surface area (Å²) < 4.78 is 0. The molecule has 0 fully saturated rings. The first kappa shape index (κ1) is 18.7. The van der Waals surface area contributed by atoms with Crippen LogP contribution in [0.1, 0.15) is 104 Å². The van der Waals surface area contributed by atoms with E-state index in [1.165, 1.54) is 70.6 Å². The van der Waals surface area contributed by atoms with Gasteiger partial charge in [0, 0.05) is 6.42 Å². The fourth-order valence-corrected chi connectivity index (χ4v) is 2.47. The second kappa shape index (κ2) is 12.7. The Morgan fingerprint density at radius 3 is 1.37 bits per heavy atom. The third-order valence-corrected chi connectivity index (χ3v) is 3.75. The van der Waals surface area contributed by atoms with Crippen molar-refractivity contribution in [1.29, 1.82) is 0 Å². The molecular formula is C18H36O. The van der Waals surface area contributed by atoms with Gasteiger partial charge in [-0.05, 0) is 18.3 Å². The van der Waals surface area contributed by atoms with Crippen molar-refractivity contribution in [3.63, 3.8) is 0 Å². The molecule has 0 aliphatic rings. The Hall–Kier alpha value is -0.330. The van der Waals surface area contributed by atoms with Gasteiger partial charge >= 0.3 is 0 Å². The van der Waals surface area contributed by atoms with E-state index in [0.717, 1.165) is 19.1 Å². The van der Waals surface area contributed by atoms with Gasteiger partial charge in [-0.25, -0.2) is 0 Å². The quantitative estimate of drug-likeness (QED) is 0.283. The Balaban J connectivity index is 3.01. The standard InChI is InChI=1S/C18H36O/c1-18(2,3)16-14-12-10-8-6-4-5-7-9-11-13-15-17-19/h17H,4-16H2,1-3H3. The van der Waals surface area contributed by atoms with Gasteiger partial charge in [-0.2, -0.15) is 0 Å². The highest BCUT2D eigenvalue weighted by Crippen LogP contribution is 2.22. The van der Waals surface area contributed by atoms with Crippen molar-refractivity contribution >= 4 is 6.29 Å². The summed E-state index contributed by atoms with van der Waals surface area (Å²) in [5.41, 5.74) is 0.518. The lowest BCUT2D eigenvalue weighted by molar-refractivity contribution is -0.107. The predicted molar refractivity (Wildman–Crippen MR) is 85.5 cm³/mol. The van der Waals surface area contributed by atoms with E-state index in [4.69, 9.17) is 0 Å². The molecule has 0 aromatic carbocycles. The molecule has 0 spiro atoms. The summed E-state index contributed by atoms with van der Waals surface area (Å²) in [6.07, 6.45) is 18.1. The molecule has 19 heavy (non-hydrogen) atoms. The van der Waals surface area contributed by atoms with E-state index in [1.807, 2.05) is 0 Å². The van der Waals surface area contributed by atoms with Crippen LogP contribution in [-0.2, 0) is 4.79 Å². The molecule has 0 aliphatic heterocycles. The molecule has 0 rings (SSSR count). The first-order valence-electron chi connectivity index (χ1n) is 8.50. The highest BCUT2D eigenvalue weighted by Gasteiger charge is 2.08. The molecule has 0 N–H and O–H groups in total. The number of hydrogen-bond donors (Lipinski definition) is 0. The lowest BCUT2D eigenvalue weighted by Crippen LogP contribution is -2.03. The molecule has 0 aliphatic carbocycles. The number of rotatable bonds is 13. The van der Waals surface area contributed by atoms with Gasteiger partial charge in [-0.15, -0.1) is 0 Å². The van der Waals surface area contributed by atoms with Crippen LogP contribution in [0.2, 0.25) is 0 Å². The average molecular weight is 268 g/mol. The summed E-state index contributed by atoms with van der Waals surface area (Å²) in [5, 5.41) is 0. The van der Waals surface area contributed by atoms with Crippen LogP contribution in [0.4, 0.5) is 0 Å². The summed E-state index contributed by atoms with van der Waals surface area (Å²) in [7, 11) is 0. The Morgan fingerprint density at radius 1 is 0.632 bits per heavy atom. The van der Waals surface area contributed by atoms with E-state index < -0.39 is 0 Å². The zero-order chi connectivity index (χ0) is 14.4. The Bertz CT molecular complexity index is 190. The van der Waals surface area contributed by atoms with Crippen LogP contribution >= 0.6 is 0 Å². The van der Waals surface area contributed by atoms with E-state index in [0.29, 0.717) is 5.41 Å². The molecule has 0 atom stereocenters. The van der Waals surface area contributed by atoms with Gasteiger partial charge in [0.25, 0.3) is 0 Å². The van der Waals surface area contributed by atoms with Crippen molar-refractivity contribution in [3.05, 3.63) is 0 Å². The van der Waals surface area contributed by atoms with Gasteiger partial charge in [0.15, 0.2) is 0 Å². The molecule has 1 heteroatoms. The van der Waals surface area contributed by atoms with E-state index >= 15 is 0 Å². The second-order valence-electron chi connectivity index (χ2n) is 7.16. The highest BCUT2D eigenvalue weighted by atomic mass is 16.1. The van der Waals surface area contributed by atoms with Crippen molar-refractivity contribution in [2.75, 3.05) is 0 Å². The van der Waals surface area contributed by atoms with E-state index in [2.05, 4.69) is 20.8 Å². The highest BCUT2D eigenvalue weighted by molar-refractivity contribution is 5.48. The molecular weight excluding hydrogens is 232 g/mol. The molecule has 0 saturated heterocycles. The predicted octanol–water partition coefficient (Wildman–Crippen LogP) is 6.30. The van der Waals surface area contributed by atoms with Gasteiger partial charge in [0.1, 0.15) is 6.29 Å². The smallest absolute Gasteiger partial charge is 0.119 e. The van der Waals surface area contributed by atoms with E-state index in [1.54, 1.807) is 0 Å². The summed E-state index contributed by atoms with van der Waals surface area (Å²) in [4.78, 5) is 10.1. The van der Waals surface area contributed by atoms with Crippen LogP contribution in [0.25, 0.3) is 0 Å². The Labute approximate surface area is 121 Å². The molecule has 0 aromatic heterocycles. The Kier molecular flexibility index (Phi) is 12.5. The molecule has 1 nitrogen and oxygen atoms in total. The zero-order valence-electron chi connectivity index (χ0n) is 13.7.